The van der Waals surface area contributed by atoms with Gasteiger partial charge in [-0.2, -0.15) is 10.2 Å². The smallest absolute Gasteiger partial charge is 0.272 e. The fourth-order valence-corrected chi connectivity index (χ4v) is 4.26. The lowest BCUT2D eigenvalue weighted by Gasteiger charge is -2.24. The molecule has 0 spiro atoms. The summed E-state index contributed by atoms with van der Waals surface area (Å²) in [6.07, 6.45) is 1.45. The van der Waals surface area contributed by atoms with Gasteiger partial charge in [0.2, 0.25) is 0 Å². The van der Waals surface area contributed by atoms with Crippen molar-refractivity contribution in [2.45, 2.75) is 18.4 Å². The molecule has 2 unspecified atom stereocenters. The summed E-state index contributed by atoms with van der Waals surface area (Å²) in [5, 5.41) is 21.2. The normalized spacial score (nSPS) is 18.2. The maximum atomic E-state index is 14.2. The van der Waals surface area contributed by atoms with Gasteiger partial charge in [-0.25, -0.2) is 14.5 Å². The second kappa shape index (κ2) is 7.34. The van der Waals surface area contributed by atoms with Gasteiger partial charge in [-0.15, -0.1) is 0 Å². The average molecular weight is 405 g/mol. The number of nitrogens with one attached hydrogen (secondary N) is 4. The minimum Gasteiger partial charge on any atom is -0.384 e. The molecule has 0 bridgehead atoms. The lowest BCUT2D eigenvalue weighted by molar-refractivity contribution is 0.589. The molecule has 2 atom stereocenters. The van der Waals surface area contributed by atoms with Crippen molar-refractivity contribution in [3.63, 3.8) is 0 Å². The number of anilines is 1. The zero-order valence-corrected chi connectivity index (χ0v) is 16.2. The van der Waals surface area contributed by atoms with Crippen LogP contribution in [0.1, 0.15) is 34.5 Å². The molecule has 4 aromatic rings. The molecule has 152 valence electrons. The van der Waals surface area contributed by atoms with Crippen molar-refractivity contribution in [2.75, 3.05) is 18.9 Å². The summed E-state index contributed by atoms with van der Waals surface area (Å²) in [6, 6.07) is 11.0. The molecule has 9 heteroatoms. The van der Waals surface area contributed by atoms with Gasteiger partial charge in [-0.05, 0) is 30.3 Å². The summed E-state index contributed by atoms with van der Waals surface area (Å²) in [7, 11) is 1.91. The molecule has 30 heavy (non-hydrogen) atoms. The van der Waals surface area contributed by atoms with E-state index in [4.69, 9.17) is 0 Å². The number of hydrogen-bond acceptors (Lipinski definition) is 6. The molecule has 3 heterocycles. The quantitative estimate of drug-likeness (QED) is 0.414. The first-order valence-electron chi connectivity index (χ1n) is 9.70. The topological polar surface area (TPSA) is 111 Å². The fraction of sp³-hybridized carbons (Fsp3) is 0.238. The Morgan fingerprint density at radius 2 is 2.03 bits per heavy atom. The summed E-state index contributed by atoms with van der Waals surface area (Å²) in [5.74, 6) is -0.210. The van der Waals surface area contributed by atoms with E-state index < -0.39 is 11.4 Å². The van der Waals surface area contributed by atoms with E-state index in [0.717, 1.165) is 12.1 Å². The minimum atomic E-state index is -0.473. The van der Waals surface area contributed by atoms with Crippen LogP contribution in [-0.2, 0) is 6.54 Å². The van der Waals surface area contributed by atoms with Gasteiger partial charge in [0.05, 0.1) is 17.0 Å². The number of aromatic nitrogens is 5. The van der Waals surface area contributed by atoms with E-state index in [1.807, 2.05) is 7.05 Å². The number of halogens is 1. The van der Waals surface area contributed by atoms with Gasteiger partial charge >= 0.3 is 0 Å². The second-order valence-electron chi connectivity index (χ2n) is 7.42. The van der Waals surface area contributed by atoms with Crippen LogP contribution in [-0.4, -0.2) is 39.0 Å². The summed E-state index contributed by atoms with van der Waals surface area (Å²) in [5.41, 5.74) is 3.01. The van der Waals surface area contributed by atoms with E-state index in [2.05, 4.69) is 60.3 Å². The standard InChI is InChI=1S/C21H20FN7O/c1-23-8-11-2-4-12(5-3-11)15-9-24-16-7-13(22)6-14-17(16)19(27-29-21(14)30)18(15)20-25-10-26-28-20/h2-7,10,15,18,23-24H,8-9H2,1H3,(H,29,30)(H,25,26,28). The SMILES string of the molecule is CNCc1ccc(C2CNc3cc(F)cc4c(=O)[nH]nc(c34)C2c2ncn[nH]2)cc1. The summed E-state index contributed by atoms with van der Waals surface area (Å²) >= 11 is 0. The first-order valence-corrected chi connectivity index (χ1v) is 9.70. The van der Waals surface area contributed by atoms with E-state index in [1.54, 1.807) is 0 Å². The molecule has 0 aliphatic carbocycles. The fourth-order valence-electron chi connectivity index (χ4n) is 4.26. The number of nitrogens with zero attached hydrogens (tertiary/aromatic N) is 3. The second-order valence-corrected chi connectivity index (χ2v) is 7.42. The highest BCUT2D eigenvalue weighted by Crippen LogP contribution is 2.43. The Balaban J connectivity index is 1.72. The Labute approximate surface area is 170 Å². The number of H-pyrrole nitrogens is 2. The average Bonchev–Trinajstić information content (AvgIpc) is 3.22. The van der Waals surface area contributed by atoms with Gasteiger partial charge in [0.1, 0.15) is 18.0 Å². The molecule has 0 saturated heterocycles. The predicted octanol–water partition coefficient (Wildman–Crippen LogP) is 2.24. The van der Waals surface area contributed by atoms with E-state index in [-0.39, 0.29) is 17.2 Å². The van der Waals surface area contributed by atoms with E-state index in [0.29, 0.717) is 29.1 Å². The van der Waals surface area contributed by atoms with Gasteiger partial charge in [0, 0.05) is 30.1 Å². The van der Waals surface area contributed by atoms with Crippen molar-refractivity contribution in [1.82, 2.24) is 30.7 Å². The number of hydrogen-bond donors (Lipinski definition) is 4. The van der Waals surface area contributed by atoms with Crippen LogP contribution < -0.4 is 16.2 Å². The van der Waals surface area contributed by atoms with Crippen molar-refractivity contribution < 1.29 is 4.39 Å². The summed E-state index contributed by atoms with van der Waals surface area (Å²) in [6.45, 7) is 1.29. The van der Waals surface area contributed by atoms with Gasteiger partial charge in [0.25, 0.3) is 5.56 Å². The molecule has 2 aromatic heterocycles. The van der Waals surface area contributed by atoms with Crippen molar-refractivity contribution >= 4 is 16.5 Å². The van der Waals surface area contributed by atoms with Crippen molar-refractivity contribution in [1.29, 1.82) is 0 Å². The van der Waals surface area contributed by atoms with E-state index >= 15 is 0 Å². The lowest BCUT2D eigenvalue weighted by Crippen LogP contribution is -2.22. The summed E-state index contributed by atoms with van der Waals surface area (Å²) in [4.78, 5) is 16.8. The molecule has 1 aliphatic rings. The highest BCUT2D eigenvalue weighted by atomic mass is 19.1. The lowest BCUT2D eigenvalue weighted by atomic mass is 9.82. The van der Waals surface area contributed by atoms with Crippen LogP contribution in [0.25, 0.3) is 10.8 Å². The van der Waals surface area contributed by atoms with E-state index in [1.165, 1.54) is 24.0 Å². The molecule has 0 amide bonds. The first-order chi connectivity index (χ1) is 14.7. The van der Waals surface area contributed by atoms with Crippen LogP contribution in [0.5, 0.6) is 0 Å². The summed E-state index contributed by atoms with van der Waals surface area (Å²) < 4.78 is 14.2. The zero-order valence-electron chi connectivity index (χ0n) is 16.2. The van der Waals surface area contributed by atoms with Crippen molar-refractivity contribution in [3.8, 4) is 0 Å². The van der Waals surface area contributed by atoms with Gasteiger partial charge in [-0.3, -0.25) is 9.89 Å². The maximum absolute atomic E-state index is 14.2. The molecule has 4 N–H and O–H groups in total. The maximum Gasteiger partial charge on any atom is 0.272 e. The molecule has 0 saturated carbocycles. The van der Waals surface area contributed by atoms with Crippen LogP contribution in [0.2, 0.25) is 0 Å². The number of benzene rings is 2. The molecule has 8 nitrogen and oxygen atoms in total. The minimum absolute atomic E-state index is 0.0707. The van der Waals surface area contributed by atoms with Gasteiger partial charge in [-0.1, -0.05) is 24.3 Å². The highest BCUT2D eigenvalue weighted by molar-refractivity contribution is 5.96. The molecule has 0 fully saturated rings. The zero-order chi connectivity index (χ0) is 20.7. The Morgan fingerprint density at radius 1 is 1.20 bits per heavy atom. The van der Waals surface area contributed by atoms with Crippen LogP contribution >= 0.6 is 0 Å². The largest absolute Gasteiger partial charge is 0.384 e. The Morgan fingerprint density at radius 3 is 2.77 bits per heavy atom. The third kappa shape index (κ3) is 3.03. The van der Waals surface area contributed by atoms with Gasteiger partial charge in [0.15, 0.2) is 0 Å². The number of rotatable bonds is 4. The molecular weight excluding hydrogens is 385 g/mol. The third-order valence-corrected chi connectivity index (χ3v) is 5.61. The molecule has 0 radical (unpaired) electrons. The van der Waals surface area contributed by atoms with Crippen LogP contribution in [0.15, 0.2) is 47.5 Å². The van der Waals surface area contributed by atoms with Crippen LogP contribution in [0.3, 0.4) is 0 Å². The first kappa shape index (κ1) is 18.4. The number of aromatic amines is 2. The van der Waals surface area contributed by atoms with Crippen LogP contribution in [0.4, 0.5) is 10.1 Å². The highest BCUT2D eigenvalue weighted by Gasteiger charge is 2.35. The van der Waals surface area contributed by atoms with Crippen molar-refractivity contribution in [2.24, 2.45) is 0 Å². The molecule has 2 aromatic carbocycles. The molecule has 1 aliphatic heterocycles. The van der Waals surface area contributed by atoms with Gasteiger partial charge < -0.3 is 10.6 Å². The van der Waals surface area contributed by atoms with Crippen molar-refractivity contribution in [3.05, 3.63) is 81.5 Å². The third-order valence-electron chi connectivity index (χ3n) is 5.61. The monoisotopic (exact) mass is 405 g/mol. The Hall–Kier alpha value is -3.59. The predicted molar refractivity (Wildman–Crippen MR) is 111 cm³/mol. The molecular formula is C21H20FN7O. The molecule has 5 rings (SSSR count). The van der Waals surface area contributed by atoms with Crippen LogP contribution in [0, 0.1) is 5.82 Å². The Bertz CT molecular complexity index is 1250. The Kier molecular flexibility index (Phi) is 4.51. The van der Waals surface area contributed by atoms with E-state index in [9.17, 15) is 9.18 Å².